The fourth-order valence-corrected chi connectivity index (χ4v) is 2.20. The second-order valence-electron chi connectivity index (χ2n) is 5.05. The van der Waals surface area contributed by atoms with Crippen LogP contribution in [0.1, 0.15) is 33.4 Å². The molecule has 116 valence electrons. The molecule has 0 heterocycles. The molecule has 0 aliphatic heterocycles. The van der Waals surface area contributed by atoms with Crippen molar-refractivity contribution in [2.75, 3.05) is 0 Å². The van der Waals surface area contributed by atoms with Gasteiger partial charge in [0.15, 0.2) is 0 Å². The van der Waals surface area contributed by atoms with Crippen molar-refractivity contribution in [2.24, 2.45) is 0 Å². The topological polar surface area (TPSA) is 0 Å². The molecule has 0 N–H and O–H groups in total. The van der Waals surface area contributed by atoms with Crippen molar-refractivity contribution in [3.63, 3.8) is 0 Å². The Kier molecular flexibility index (Phi) is 9.29. The van der Waals surface area contributed by atoms with Crippen LogP contribution in [0.5, 0.6) is 0 Å². The normalized spacial score (nSPS) is 9.45. The Balaban J connectivity index is 0.00000102. The van der Waals surface area contributed by atoms with E-state index in [4.69, 9.17) is 0 Å². The fourth-order valence-electron chi connectivity index (χ4n) is 2.20. The first-order valence-corrected chi connectivity index (χ1v) is 7.39. The minimum absolute atomic E-state index is 1.29. The smallest absolute Gasteiger partial charge is 0.0227 e. The number of benzene rings is 2. The number of aryl methyl sites for hydroxylation is 4. The number of rotatable bonds is 2. The summed E-state index contributed by atoms with van der Waals surface area (Å²) in [6.07, 6.45) is 4.40. The molecular formula is C22H28. The van der Waals surface area contributed by atoms with Crippen LogP contribution in [0.25, 0.3) is 12.2 Å². The van der Waals surface area contributed by atoms with Gasteiger partial charge in [0.25, 0.3) is 0 Å². The Morgan fingerprint density at radius 2 is 0.909 bits per heavy atom. The van der Waals surface area contributed by atoms with Crippen molar-refractivity contribution in [1.29, 1.82) is 0 Å². The summed E-state index contributed by atoms with van der Waals surface area (Å²) in [5, 5.41) is 0. The van der Waals surface area contributed by atoms with E-state index in [0.29, 0.717) is 0 Å². The van der Waals surface area contributed by atoms with Gasteiger partial charge in [0.1, 0.15) is 0 Å². The van der Waals surface area contributed by atoms with E-state index in [2.05, 4.69) is 103 Å². The maximum Gasteiger partial charge on any atom is -0.0227 e. The zero-order chi connectivity index (χ0) is 17.1. The Labute approximate surface area is 136 Å². The molecule has 0 aliphatic rings. The van der Waals surface area contributed by atoms with Crippen molar-refractivity contribution in [2.45, 2.75) is 27.7 Å². The molecule has 22 heavy (non-hydrogen) atoms. The van der Waals surface area contributed by atoms with Gasteiger partial charge in [0, 0.05) is 0 Å². The van der Waals surface area contributed by atoms with E-state index in [9.17, 15) is 0 Å². The van der Waals surface area contributed by atoms with Crippen LogP contribution in [0.3, 0.4) is 0 Å². The largest absolute Gasteiger partial charge is 0.106 e. The predicted molar refractivity (Wildman–Crippen MR) is 103 cm³/mol. The van der Waals surface area contributed by atoms with Gasteiger partial charge < -0.3 is 0 Å². The molecule has 0 amide bonds. The van der Waals surface area contributed by atoms with Crippen molar-refractivity contribution in [3.05, 3.63) is 96.1 Å². The summed E-state index contributed by atoms with van der Waals surface area (Å²) in [6, 6.07) is 13.1. The van der Waals surface area contributed by atoms with Crippen LogP contribution in [0, 0.1) is 27.7 Å². The average molecular weight is 292 g/mol. The molecule has 0 spiro atoms. The van der Waals surface area contributed by atoms with Crippen LogP contribution in [0.2, 0.25) is 0 Å². The summed E-state index contributed by atoms with van der Waals surface area (Å²) in [7, 11) is 0. The Hall–Kier alpha value is -2.34. The maximum atomic E-state index is 3.00. The predicted octanol–water partition coefficient (Wildman–Crippen LogP) is 6.70. The summed E-state index contributed by atoms with van der Waals surface area (Å²) in [5.41, 5.74) is 7.88. The zero-order valence-corrected chi connectivity index (χ0v) is 14.4. The minimum Gasteiger partial charge on any atom is -0.106 e. The van der Waals surface area contributed by atoms with Gasteiger partial charge in [-0.05, 0) is 49.9 Å². The lowest BCUT2D eigenvalue weighted by molar-refractivity contribution is 1.36. The third kappa shape index (κ3) is 5.97. The van der Waals surface area contributed by atoms with E-state index in [-0.39, 0.29) is 0 Å². The lowest BCUT2D eigenvalue weighted by Crippen LogP contribution is -1.84. The fraction of sp³-hybridized carbons (Fsp3) is 0.182. The molecule has 0 heteroatoms. The maximum absolute atomic E-state index is 3.00. The van der Waals surface area contributed by atoms with Crippen LogP contribution < -0.4 is 0 Å². The van der Waals surface area contributed by atoms with Gasteiger partial charge in [0.05, 0.1) is 0 Å². The van der Waals surface area contributed by atoms with Gasteiger partial charge in [-0.1, -0.05) is 59.7 Å². The molecule has 0 saturated heterocycles. The SMILES string of the molecule is C=C.C=C.Cc1ccc(/C=C/c2ccc(C)cc2C)c(C)c1. The molecule has 2 aromatic carbocycles. The van der Waals surface area contributed by atoms with Crippen LogP contribution in [0.4, 0.5) is 0 Å². The first kappa shape index (κ1) is 19.7. The molecule has 2 aromatic rings. The highest BCUT2D eigenvalue weighted by atomic mass is 14.0. The molecule has 0 saturated carbocycles. The van der Waals surface area contributed by atoms with Crippen LogP contribution in [-0.4, -0.2) is 0 Å². The van der Waals surface area contributed by atoms with Gasteiger partial charge in [-0.3, -0.25) is 0 Å². The summed E-state index contributed by atoms with van der Waals surface area (Å²) in [5.74, 6) is 0. The molecule has 0 radical (unpaired) electrons. The minimum atomic E-state index is 1.29. The van der Waals surface area contributed by atoms with Gasteiger partial charge in [-0.25, -0.2) is 0 Å². The van der Waals surface area contributed by atoms with Crippen molar-refractivity contribution >= 4 is 12.2 Å². The van der Waals surface area contributed by atoms with E-state index in [1.807, 2.05) is 0 Å². The Morgan fingerprint density at radius 3 is 1.18 bits per heavy atom. The van der Waals surface area contributed by atoms with Gasteiger partial charge in [-0.2, -0.15) is 0 Å². The standard InChI is InChI=1S/C18H20.2C2H4/c1-13-5-7-17(15(3)11-13)9-10-18-8-6-14(2)12-16(18)4;2*1-2/h5-12H,1-4H3;2*1-2H2/b10-9+;;. The van der Waals surface area contributed by atoms with Gasteiger partial charge in [-0.15, -0.1) is 26.3 Å². The lowest BCUT2D eigenvalue weighted by atomic mass is 10.0. The van der Waals surface area contributed by atoms with Crippen LogP contribution in [-0.2, 0) is 0 Å². The first-order valence-electron chi connectivity index (χ1n) is 7.39. The van der Waals surface area contributed by atoms with E-state index < -0.39 is 0 Å². The molecule has 2 rings (SSSR count). The molecular weight excluding hydrogens is 264 g/mol. The van der Waals surface area contributed by atoms with Crippen molar-refractivity contribution < 1.29 is 0 Å². The quantitative estimate of drug-likeness (QED) is 0.427. The molecule has 0 atom stereocenters. The average Bonchev–Trinajstić information content (AvgIpc) is 2.52. The molecule has 0 bridgehead atoms. The Bertz CT molecular complexity index is 562. The van der Waals surface area contributed by atoms with E-state index >= 15 is 0 Å². The lowest BCUT2D eigenvalue weighted by Gasteiger charge is -2.04. The second-order valence-corrected chi connectivity index (χ2v) is 5.05. The highest BCUT2D eigenvalue weighted by molar-refractivity contribution is 5.72. The molecule has 0 unspecified atom stereocenters. The van der Waals surface area contributed by atoms with Crippen molar-refractivity contribution in [3.8, 4) is 0 Å². The Morgan fingerprint density at radius 1 is 0.591 bits per heavy atom. The molecule has 0 aliphatic carbocycles. The monoisotopic (exact) mass is 292 g/mol. The first-order chi connectivity index (χ1) is 10.6. The third-order valence-corrected chi connectivity index (χ3v) is 3.29. The molecule has 0 nitrogen and oxygen atoms in total. The number of hydrogen-bond donors (Lipinski definition) is 0. The second kappa shape index (κ2) is 10.4. The van der Waals surface area contributed by atoms with E-state index in [0.717, 1.165) is 0 Å². The van der Waals surface area contributed by atoms with Gasteiger partial charge >= 0.3 is 0 Å². The number of hydrogen-bond acceptors (Lipinski definition) is 0. The van der Waals surface area contributed by atoms with Crippen molar-refractivity contribution in [1.82, 2.24) is 0 Å². The summed E-state index contributed by atoms with van der Waals surface area (Å²) in [6.45, 7) is 20.6. The summed E-state index contributed by atoms with van der Waals surface area (Å²) >= 11 is 0. The molecule has 0 fully saturated rings. The summed E-state index contributed by atoms with van der Waals surface area (Å²) in [4.78, 5) is 0. The zero-order valence-electron chi connectivity index (χ0n) is 14.4. The van der Waals surface area contributed by atoms with Gasteiger partial charge in [0.2, 0.25) is 0 Å². The third-order valence-electron chi connectivity index (χ3n) is 3.29. The van der Waals surface area contributed by atoms with Crippen LogP contribution >= 0.6 is 0 Å². The van der Waals surface area contributed by atoms with Crippen LogP contribution in [0.15, 0.2) is 62.7 Å². The summed E-state index contributed by atoms with van der Waals surface area (Å²) < 4.78 is 0. The highest BCUT2D eigenvalue weighted by Crippen LogP contribution is 2.17. The van der Waals surface area contributed by atoms with E-state index in [1.54, 1.807) is 0 Å². The van der Waals surface area contributed by atoms with E-state index in [1.165, 1.54) is 33.4 Å². The highest BCUT2D eigenvalue weighted by Gasteiger charge is 1.96. The molecule has 0 aromatic heterocycles.